The number of hydrogen-bond acceptors (Lipinski definition) is 3. The Balaban J connectivity index is 2.05. The first-order valence-corrected chi connectivity index (χ1v) is 10.6. The molecule has 0 aromatic heterocycles. The number of benzene rings is 2. The topological polar surface area (TPSA) is 66.5 Å². The third kappa shape index (κ3) is 6.05. The van der Waals surface area contributed by atoms with E-state index in [0.29, 0.717) is 18.8 Å². The largest absolute Gasteiger partial charge is 0.323 e. The van der Waals surface area contributed by atoms with Crippen molar-refractivity contribution in [3.05, 3.63) is 66.2 Å². The van der Waals surface area contributed by atoms with E-state index in [2.05, 4.69) is 5.32 Å². The van der Waals surface area contributed by atoms with E-state index in [1.807, 2.05) is 44.2 Å². The molecule has 0 aliphatic heterocycles. The van der Waals surface area contributed by atoms with Crippen LogP contribution in [0.15, 0.2) is 65.6 Å². The number of rotatable bonds is 9. The normalized spacial score (nSPS) is 11.8. The van der Waals surface area contributed by atoms with Crippen LogP contribution in [0.3, 0.4) is 0 Å². The summed E-state index contributed by atoms with van der Waals surface area (Å²) in [6.07, 6.45) is 4.70. The van der Waals surface area contributed by atoms with Crippen molar-refractivity contribution in [3.63, 3.8) is 0 Å². The fourth-order valence-electron chi connectivity index (χ4n) is 2.63. The van der Waals surface area contributed by atoms with Crippen LogP contribution in [-0.2, 0) is 14.8 Å². The molecule has 0 radical (unpaired) electrons. The van der Waals surface area contributed by atoms with E-state index in [4.69, 9.17) is 0 Å². The molecule has 0 saturated heterocycles. The summed E-state index contributed by atoms with van der Waals surface area (Å²) >= 11 is 0. The molecule has 0 unspecified atom stereocenters. The third-order valence-electron chi connectivity index (χ3n) is 3.93. The summed E-state index contributed by atoms with van der Waals surface area (Å²) in [7, 11) is -3.51. The molecule has 1 amide bonds. The number of nitrogens with one attached hydrogen (secondary N) is 1. The molecule has 2 rings (SSSR count). The van der Waals surface area contributed by atoms with E-state index in [-0.39, 0.29) is 10.8 Å². The smallest absolute Gasteiger partial charge is 0.248 e. The Morgan fingerprint density at radius 1 is 0.963 bits per heavy atom. The molecule has 6 heteroatoms. The standard InChI is InChI=1S/C21H26N2O3S/c1-3-16-23(17-4-2)27(25,26)20-13-11-19(12-14-20)22-21(24)15-10-18-8-6-5-7-9-18/h5-15H,3-4,16-17H2,1-2H3,(H,22,24)/b15-10+. The van der Waals surface area contributed by atoms with Gasteiger partial charge in [-0.2, -0.15) is 4.31 Å². The van der Waals surface area contributed by atoms with Gasteiger partial charge in [-0.15, -0.1) is 0 Å². The molecule has 144 valence electrons. The first kappa shape index (κ1) is 20.9. The van der Waals surface area contributed by atoms with Crippen molar-refractivity contribution in [2.75, 3.05) is 18.4 Å². The van der Waals surface area contributed by atoms with E-state index in [0.717, 1.165) is 18.4 Å². The number of carbonyl (C=O) groups excluding carboxylic acids is 1. The Labute approximate surface area is 161 Å². The van der Waals surface area contributed by atoms with Crippen LogP contribution in [0.1, 0.15) is 32.3 Å². The Kier molecular flexibility index (Phi) is 7.76. The van der Waals surface area contributed by atoms with E-state index >= 15 is 0 Å². The van der Waals surface area contributed by atoms with Gasteiger partial charge in [0.2, 0.25) is 15.9 Å². The van der Waals surface area contributed by atoms with Crippen molar-refractivity contribution in [1.82, 2.24) is 4.31 Å². The quantitative estimate of drug-likeness (QED) is 0.659. The summed E-state index contributed by atoms with van der Waals surface area (Å²) < 4.78 is 27.0. The Morgan fingerprint density at radius 3 is 2.11 bits per heavy atom. The lowest BCUT2D eigenvalue weighted by Gasteiger charge is -2.21. The lowest BCUT2D eigenvalue weighted by Crippen LogP contribution is -2.32. The lowest BCUT2D eigenvalue weighted by molar-refractivity contribution is -0.111. The highest BCUT2D eigenvalue weighted by Gasteiger charge is 2.22. The molecule has 0 aliphatic rings. The Bertz CT molecular complexity index is 854. The van der Waals surface area contributed by atoms with Gasteiger partial charge in [0.25, 0.3) is 0 Å². The van der Waals surface area contributed by atoms with Gasteiger partial charge in [-0.3, -0.25) is 4.79 Å². The maximum atomic E-state index is 12.7. The van der Waals surface area contributed by atoms with E-state index in [1.165, 1.54) is 22.5 Å². The van der Waals surface area contributed by atoms with Crippen molar-refractivity contribution in [2.24, 2.45) is 0 Å². The van der Waals surface area contributed by atoms with Crippen molar-refractivity contribution in [1.29, 1.82) is 0 Å². The van der Waals surface area contributed by atoms with Gasteiger partial charge in [-0.1, -0.05) is 44.2 Å². The fraction of sp³-hybridized carbons (Fsp3) is 0.286. The van der Waals surface area contributed by atoms with Gasteiger partial charge in [-0.05, 0) is 48.7 Å². The molecule has 0 aliphatic carbocycles. The zero-order chi connectivity index (χ0) is 19.7. The molecule has 0 bridgehead atoms. The summed E-state index contributed by atoms with van der Waals surface area (Å²) in [6, 6.07) is 15.8. The molecule has 0 saturated carbocycles. The van der Waals surface area contributed by atoms with Crippen LogP contribution in [0.25, 0.3) is 6.08 Å². The summed E-state index contributed by atoms with van der Waals surface area (Å²) in [5, 5.41) is 2.74. The molecular formula is C21H26N2O3S. The number of anilines is 1. The molecule has 0 fully saturated rings. The SMILES string of the molecule is CCCN(CCC)S(=O)(=O)c1ccc(NC(=O)/C=C/c2ccccc2)cc1. The minimum atomic E-state index is -3.51. The van der Waals surface area contributed by atoms with Crippen LogP contribution < -0.4 is 5.32 Å². The second-order valence-corrected chi connectivity index (χ2v) is 8.10. The average molecular weight is 387 g/mol. The van der Waals surface area contributed by atoms with E-state index in [1.54, 1.807) is 18.2 Å². The molecule has 0 spiro atoms. The van der Waals surface area contributed by atoms with Crippen LogP contribution in [0, 0.1) is 0 Å². The van der Waals surface area contributed by atoms with Gasteiger partial charge in [-0.25, -0.2) is 8.42 Å². The zero-order valence-corrected chi connectivity index (χ0v) is 16.6. The van der Waals surface area contributed by atoms with Crippen LogP contribution in [0.4, 0.5) is 5.69 Å². The molecule has 5 nitrogen and oxygen atoms in total. The molecular weight excluding hydrogens is 360 g/mol. The van der Waals surface area contributed by atoms with Crippen molar-refractivity contribution < 1.29 is 13.2 Å². The van der Waals surface area contributed by atoms with Crippen molar-refractivity contribution >= 4 is 27.7 Å². The summed E-state index contributed by atoms with van der Waals surface area (Å²) in [6.45, 7) is 4.91. The second-order valence-electron chi connectivity index (χ2n) is 6.16. The predicted octanol–water partition coefficient (Wildman–Crippen LogP) is 4.15. The Morgan fingerprint density at radius 2 is 1.56 bits per heavy atom. The van der Waals surface area contributed by atoms with Crippen LogP contribution in [0.2, 0.25) is 0 Å². The molecule has 27 heavy (non-hydrogen) atoms. The summed E-state index contributed by atoms with van der Waals surface area (Å²) in [5.41, 5.74) is 1.48. The summed E-state index contributed by atoms with van der Waals surface area (Å²) in [4.78, 5) is 12.3. The van der Waals surface area contributed by atoms with Gasteiger partial charge < -0.3 is 5.32 Å². The van der Waals surface area contributed by atoms with Crippen LogP contribution in [-0.4, -0.2) is 31.7 Å². The molecule has 2 aromatic rings. The van der Waals surface area contributed by atoms with E-state index < -0.39 is 10.0 Å². The highest BCUT2D eigenvalue weighted by atomic mass is 32.2. The van der Waals surface area contributed by atoms with Gasteiger partial charge in [0.1, 0.15) is 0 Å². The van der Waals surface area contributed by atoms with E-state index in [9.17, 15) is 13.2 Å². The van der Waals surface area contributed by atoms with Crippen LogP contribution >= 0.6 is 0 Å². The monoisotopic (exact) mass is 386 g/mol. The molecule has 2 aromatic carbocycles. The van der Waals surface area contributed by atoms with Gasteiger partial charge >= 0.3 is 0 Å². The lowest BCUT2D eigenvalue weighted by atomic mass is 10.2. The van der Waals surface area contributed by atoms with Gasteiger partial charge in [0.15, 0.2) is 0 Å². The van der Waals surface area contributed by atoms with Gasteiger partial charge in [0, 0.05) is 24.9 Å². The highest BCUT2D eigenvalue weighted by Crippen LogP contribution is 2.19. The summed E-state index contributed by atoms with van der Waals surface area (Å²) in [5.74, 6) is -0.270. The molecule has 0 heterocycles. The number of nitrogens with zero attached hydrogens (tertiary/aromatic N) is 1. The minimum absolute atomic E-state index is 0.238. The third-order valence-corrected chi connectivity index (χ3v) is 5.85. The first-order valence-electron chi connectivity index (χ1n) is 9.11. The predicted molar refractivity (Wildman–Crippen MR) is 110 cm³/mol. The second kappa shape index (κ2) is 10.0. The molecule has 0 atom stereocenters. The minimum Gasteiger partial charge on any atom is -0.323 e. The number of sulfonamides is 1. The number of hydrogen-bond donors (Lipinski definition) is 1. The maximum absolute atomic E-state index is 12.7. The molecule has 1 N–H and O–H groups in total. The van der Waals surface area contributed by atoms with Gasteiger partial charge in [0.05, 0.1) is 4.90 Å². The van der Waals surface area contributed by atoms with Crippen molar-refractivity contribution in [2.45, 2.75) is 31.6 Å². The number of carbonyl (C=O) groups is 1. The number of amides is 1. The zero-order valence-electron chi connectivity index (χ0n) is 15.8. The highest BCUT2D eigenvalue weighted by molar-refractivity contribution is 7.89. The first-order chi connectivity index (χ1) is 13.0. The fourth-order valence-corrected chi connectivity index (χ4v) is 4.25. The Hall–Kier alpha value is -2.44. The maximum Gasteiger partial charge on any atom is 0.248 e. The van der Waals surface area contributed by atoms with Crippen molar-refractivity contribution in [3.8, 4) is 0 Å². The average Bonchev–Trinajstić information content (AvgIpc) is 2.67. The van der Waals surface area contributed by atoms with Crippen LogP contribution in [0.5, 0.6) is 0 Å².